The Hall–Kier alpha value is -3.72. The maximum atomic E-state index is 14.1. The Kier molecular flexibility index (Phi) is 11.2. The van der Waals surface area contributed by atoms with Gasteiger partial charge in [-0.2, -0.15) is 4.90 Å². The molecule has 2 aliphatic heterocycles. The largest absolute Gasteiger partial charge is 0.550 e. The van der Waals surface area contributed by atoms with Gasteiger partial charge in [0.25, 0.3) is 5.91 Å². The van der Waals surface area contributed by atoms with Gasteiger partial charge in [-0.05, 0) is 48.3 Å². The maximum Gasteiger partial charge on any atom is 0.352 e. The number of amides is 2. The summed E-state index contributed by atoms with van der Waals surface area (Å²) in [5, 5.41) is 9.91. The number of carbonyl (C=O) groups excluding carboxylic acids is 3. The zero-order valence-electron chi connectivity index (χ0n) is 28.5. The van der Waals surface area contributed by atoms with Crippen LogP contribution in [0.5, 0.6) is 0 Å². The van der Waals surface area contributed by atoms with E-state index in [1.54, 1.807) is 25.7 Å². The Morgan fingerprint density at radius 1 is 1.09 bits per heavy atom. The molecule has 246 valence electrons. The fourth-order valence-corrected chi connectivity index (χ4v) is 5.46. The number of hydrogen-bond donors (Lipinski definition) is 2. The first kappa shape index (κ1) is 35.8. The molecule has 9 heteroatoms. The first-order chi connectivity index (χ1) is 20.9. The van der Waals surface area contributed by atoms with Crippen LogP contribution in [0, 0.1) is 11.3 Å². The molecule has 0 radical (unpaired) electrons. The Bertz CT molecular complexity index is 1390. The van der Waals surface area contributed by atoms with Crippen LogP contribution in [-0.2, 0) is 31.8 Å². The van der Waals surface area contributed by atoms with Gasteiger partial charge in [-0.25, -0.2) is 0 Å². The Labute approximate surface area is 268 Å². The molecular formula is C36H52N4O5. The highest BCUT2D eigenvalue weighted by atomic mass is 16.5. The molecule has 9 nitrogen and oxygen atoms in total. The minimum atomic E-state index is -1.01. The standard InChI is InChI=1S/C31H42N4O3.C5H10O2/c1-21(2)14-15-31(24-10-8-7-9-11-24)28(37)35(29(32)33-31)19-23-12-13-26(30(4,5)6)25(18-23)27(36)34-16-17-38-20-22(34)3;1-5(2,3)4(6)7/h7-13,18,21-22H,14-17,19-20H2,1-6H3,(H2,32,33);1-3H3,(H,6,7)/t22-,31+;/m0./s1. The Morgan fingerprint density at radius 2 is 1.71 bits per heavy atom. The molecule has 2 amide bonds. The van der Waals surface area contributed by atoms with Crippen LogP contribution in [0.25, 0.3) is 0 Å². The monoisotopic (exact) mass is 620 g/mol. The molecule has 3 N–H and O–H groups in total. The number of nitrogens with one attached hydrogen (secondary N) is 1. The lowest BCUT2D eigenvalue weighted by Crippen LogP contribution is -2.85. The van der Waals surface area contributed by atoms with Crippen molar-refractivity contribution < 1.29 is 29.2 Å². The second kappa shape index (κ2) is 14.1. The van der Waals surface area contributed by atoms with Crippen molar-refractivity contribution in [3.63, 3.8) is 0 Å². The van der Waals surface area contributed by atoms with E-state index in [1.165, 1.54) is 0 Å². The first-order valence-corrected chi connectivity index (χ1v) is 15.9. The number of carbonyl (C=O) groups is 3. The molecule has 1 saturated heterocycles. The molecular weight excluding hydrogens is 568 g/mol. The second-order valence-electron chi connectivity index (χ2n) is 14.7. The third-order valence-electron chi connectivity index (χ3n) is 8.31. The predicted molar refractivity (Wildman–Crippen MR) is 174 cm³/mol. The number of aliphatic carboxylic acids is 1. The zero-order valence-corrected chi connectivity index (χ0v) is 28.5. The third-order valence-corrected chi connectivity index (χ3v) is 8.31. The van der Waals surface area contributed by atoms with Crippen molar-refractivity contribution in [2.75, 3.05) is 19.8 Å². The molecule has 0 aromatic heterocycles. The van der Waals surface area contributed by atoms with Crippen molar-refractivity contribution in [1.82, 2.24) is 9.80 Å². The molecule has 2 aromatic carbocycles. The molecule has 45 heavy (non-hydrogen) atoms. The highest BCUT2D eigenvalue weighted by Crippen LogP contribution is 2.32. The first-order valence-electron chi connectivity index (χ1n) is 15.9. The molecule has 0 spiro atoms. The lowest BCUT2D eigenvalue weighted by Gasteiger charge is -2.35. The summed E-state index contributed by atoms with van der Waals surface area (Å²) in [4.78, 5) is 44.7. The molecule has 2 aromatic rings. The van der Waals surface area contributed by atoms with Crippen LogP contribution in [-0.4, -0.2) is 59.3 Å². The lowest BCUT2D eigenvalue weighted by atomic mass is 9.82. The number of morpholine rings is 1. The summed E-state index contributed by atoms with van der Waals surface area (Å²) in [5.74, 6) is -0.270. The SMILES string of the molecule is CC(C)(C)C(=O)[O-].CC(C)CC[C@]1(c2ccccc2)[NH+]=C(N)N(Cc2ccc(C(C)(C)C)c(C(=O)N3CCOC[C@@H]3C)c2)C1=O. The molecule has 0 bridgehead atoms. The van der Waals surface area contributed by atoms with Gasteiger partial charge in [0.15, 0.2) is 0 Å². The molecule has 0 saturated carbocycles. The van der Waals surface area contributed by atoms with Crippen molar-refractivity contribution in [1.29, 1.82) is 0 Å². The van der Waals surface area contributed by atoms with Gasteiger partial charge in [-0.3, -0.25) is 20.3 Å². The van der Waals surface area contributed by atoms with Crippen LogP contribution < -0.4 is 15.8 Å². The van der Waals surface area contributed by atoms with Crippen molar-refractivity contribution in [2.24, 2.45) is 17.1 Å². The predicted octanol–water partition coefficient (Wildman–Crippen LogP) is 2.70. The number of nitrogens with two attached hydrogens (primary N) is 1. The van der Waals surface area contributed by atoms with Gasteiger partial charge in [0.05, 0.1) is 19.3 Å². The van der Waals surface area contributed by atoms with Gasteiger partial charge in [-0.15, -0.1) is 0 Å². The summed E-state index contributed by atoms with van der Waals surface area (Å²) in [6, 6.07) is 15.8. The third kappa shape index (κ3) is 8.51. The normalized spacial score (nSPS) is 20.5. The van der Waals surface area contributed by atoms with Crippen LogP contribution in [0.4, 0.5) is 0 Å². The molecule has 0 unspecified atom stereocenters. The van der Waals surface area contributed by atoms with Gasteiger partial charge in [0.2, 0.25) is 5.54 Å². The Morgan fingerprint density at radius 3 is 2.24 bits per heavy atom. The highest BCUT2D eigenvalue weighted by Gasteiger charge is 2.53. The van der Waals surface area contributed by atoms with Crippen LogP contribution in [0.3, 0.4) is 0 Å². The molecule has 2 heterocycles. The number of hydrogen-bond acceptors (Lipinski definition) is 6. The van der Waals surface area contributed by atoms with Crippen molar-refractivity contribution >= 4 is 23.7 Å². The van der Waals surface area contributed by atoms with Gasteiger partial charge in [-0.1, -0.05) is 97.9 Å². The topological polar surface area (TPSA) is 130 Å². The maximum absolute atomic E-state index is 14.1. The fraction of sp³-hybridized carbons (Fsp3) is 0.556. The molecule has 0 aliphatic carbocycles. The molecule has 1 fully saturated rings. The number of rotatable bonds is 7. The van der Waals surface area contributed by atoms with E-state index < -0.39 is 16.9 Å². The van der Waals surface area contributed by atoms with Crippen LogP contribution in [0.2, 0.25) is 0 Å². The smallest absolute Gasteiger partial charge is 0.352 e. The number of carboxylic acid groups (broad SMARTS) is 1. The van der Waals surface area contributed by atoms with Crippen LogP contribution >= 0.6 is 0 Å². The van der Waals surface area contributed by atoms with Crippen LogP contribution in [0.15, 0.2) is 48.5 Å². The van der Waals surface area contributed by atoms with Gasteiger partial charge >= 0.3 is 11.9 Å². The number of ether oxygens (including phenoxy) is 1. The summed E-state index contributed by atoms with van der Waals surface area (Å²) in [6.45, 7) is 19.4. The van der Waals surface area contributed by atoms with E-state index in [-0.39, 0.29) is 29.8 Å². The van der Waals surface area contributed by atoms with Gasteiger partial charge in [0.1, 0.15) is 6.54 Å². The molecule has 2 aliphatic rings. The van der Waals surface area contributed by atoms with E-state index in [0.717, 1.165) is 23.1 Å². The van der Waals surface area contributed by atoms with Crippen molar-refractivity contribution in [2.45, 2.75) is 98.7 Å². The summed E-state index contributed by atoms with van der Waals surface area (Å²) in [7, 11) is 0. The minimum absolute atomic E-state index is 0.00552. The van der Waals surface area contributed by atoms with Crippen molar-refractivity contribution in [3.05, 3.63) is 70.8 Å². The van der Waals surface area contributed by atoms with E-state index in [2.05, 4.69) is 39.6 Å². The molecule has 2 atom stereocenters. The van der Waals surface area contributed by atoms with Crippen LogP contribution in [0.1, 0.15) is 102 Å². The van der Waals surface area contributed by atoms with Crippen molar-refractivity contribution in [3.8, 4) is 0 Å². The summed E-state index contributed by atoms with van der Waals surface area (Å²) < 4.78 is 5.56. The molecule has 4 rings (SSSR count). The number of carboxylic acids is 1. The van der Waals surface area contributed by atoms with Gasteiger partial charge < -0.3 is 19.5 Å². The zero-order chi connectivity index (χ0) is 33.7. The quantitative estimate of drug-likeness (QED) is 0.490. The van der Waals surface area contributed by atoms with E-state index >= 15 is 0 Å². The summed E-state index contributed by atoms with van der Waals surface area (Å²) >= 11 is 0. The Balaban J connectivity index is 0.000000707. The number of nitrogens with zero attached hydrogens (tertiary/aromatic N) is 2. The van der Waals surface area contributed by atoms with E-state index in [9.17, 15) is 19.5 Å². The average molecular weight is 621 g/mol. The van der Waals surface area contributed by atoms with Gasteiger partial charge in [0, 0.05) is 29.1 Å². The summed E-state index contributed by atoms with van der Waals surface area (Å²) in [5.41, 5.74) is 8.13. The van der Waals surface area contributed by atoms with E-state index in [0.29, 0.717) is 43.6 Å². The second-order valence-corrected chi connectivity index (χ2v) is 14.7. The number of guanidine groups is 1. The van der Waals surface area contributed by atoms with E-state index in [4.69, 9.17) is 10.5 Å². The fourth-order valence-electron chi connectivity index (χ4n) is 5.46. The van der Waals surface area contributed by atoms with E-state index in [1.807, 2.05) is 60.4 Å². The lowest BCUT2D eigenvalue weighted by molar-refractivity contribution is -0.540. The average Bonchev–Trinajstić information content (AvgIpc) is 3.20. The minimum Gasteiger partial charge on any atom is -0.550 e. The highest BCUT2D eigenvalue weighted by molar-refractivity contribution is 6.02. The summed E-state index contributed by atoms with van der Waals surface area (Å²) in [6.07, 6.45) is 1.53. The number of benzene rings is 2.